The summed E-state index contributed by atoms with van der Waals surface area (Å²) in [4.78, 5) is 25.9. The molecule has 3 fully saturated rings. The van der Waals surface area contributed by atoms with Gasteiger partial charge >= 0.3 is 12.1 Å². The molecule has 2 N–H and O–H groups in total. The number of piperidine rings is 3. The number of carbonyl (C=O) groups is 2. The van der Waals surface area contributed by atoms with Gasteiger partial charge in [-0.25, -0.2) is 0 Å². The van der Waals surface area contributed by atoms with Crippen molar-refractivity contribution in [2.45, 2.75) is 25.8 Å². The molecule has 1 aromatic heterocycles. The third kappa shape index (κ3) is 4.08. The number of rotatable bonds is 5. The summed E-state index contributed by atoms with van der Waals surface area (Å²) in [6.07, 6.45) is 2.22. The highest BCUT2D eigenvalue weighted by Crippen LogP contribution is 2.28. The second kappa shape index (κ2) is 7.36. The molecule has 3 aliphatic heterocycles. The highest BCUT2D eigenvalue weighted by molar-refractivity contribution is 5.94. The van der Waals surface area contributed by atoms with Crippen molar-refractivity contribution >= 4 is 17.8 Å². The summed E-state index contributed by atoms with van der Waals surface area (Å²) >= 11 is 0. The predicted octanol–water partition coefficient (Wildman–Crippen LogP) is 1.64. The number of hydrogen-bond acceptors (Lipinski definition) is 7. The highest BCUT2D eigenvalue weighted by atomic mass is 16.6. The summed E-state index contributed by atoms with van der Waals surface area (Å²) in [5.41, 5.74) is 0.572. The summed E-state index contributed by atoms with van der Waals surface area (Å²) in [5.74, 6) is 0.638. The third-order valence-corrected chi connectivity index (χ3v) is 4.98. The minimum Gasteiger partial charge on any atom is -0.410 e. The second-order valence-electron chi connectivity index (χ2n) is 6.90. The maximum Gasteiger partial charge on any atom is 0.421 e. The van der Waals surface area contributed by atoms with Crippen molar-refractivity contribution in [3.8, 4) is 11.8 Å². The molecule has 1 aromatic carbocycles. The van der Waals surface area contributed by atoms with Crippen LogP contribution in [0.5, 0.6) is 11.8 Å². The zero-order valence-corrected chi connectivity index (χ0v) is 15.0. The summed E-state index contributed by atoms with van der Waals surface area (Å²) in [6, 6.07) is 6.89. The molecular weight excluding hydrogens is 350 g/mol. The fraction of sp³-hybridized carbons (Fsp3) is 0.444. The maximum absolute atomic E-state index is 12.5. The van der Waals surface area contributed by atoms with Crippen LogP contribution in [0, 0.1) is 5.92 Å². The van der Waals surface area contributed by atoms with Crippen molar-refractivity contribution < 1.29 is 18.7 Å². The van der Waals surface area contributed by atoms with Crippen molar-refractivity contribution in [1.29, 1.82) is 0 Å². The molecular formula is C18H21N5O4. The topological polar surface area (TPSA) is 110 Å². The summed E-state index contributed by atoms with van der Waals surface area (Å²) in [7, 11) is 0. The molecule has 4 heterocycles. The zero-order chi connectivity index (χ0) is 18.8. The number of benzene rings is 1. The number of ether oxygens (including phenoxy) is 1. The lowest BCUT2D eigenvalue weighted by Gasteiger charge is -2.44. The Morgan fingerprint density at radius 2 is 1.93 bits per heavy atom. The van der Waals surface area contributed by atoms with E-state index in [1.165, 1.54) is 6.92 Å². The molecule has 0 aliphatic carbocycles. The standard InChI is InChI=1S/C18H21N5O4/c1-11(24)19-17-21-22-18(27-17)26-14-4-2-13(3-5-14)16(25)20-15-10-23-8-6-12(15)7-9-23/h2-5,12,15H,6-10H2,1H3,(H,20,25)(H,19,21,24)/t15-/m0/s1. The molecule has 0 saturated carbocycles. The van der Waals surface area contributed by atoms with Gasteiger partial charge in [0.25, 0.3) is 5.91 Å². The second-order valence-corrected chi connectivity index (χ2v) is 6.90. The van der Waals surface area contributed by atoms with E-state index < -0.39 is 0 Å². The van der Waals surface area contributed by atoms with Crippen molar-refractivity contribution in [3.63, 3.8) is 0 Å². The van der Waals surface area contributed by atoms with Gasteiger partial charge in [-0.15, -0.1) is 0 Å². The Bertz CT molecular complexity index is 827. The van der Waals surface area contributed by atoms with Crippen LogP contribution in [-0.4, -0.2) is 52.6 Å². The first-order valence-electron chi connectivity index (χ1n) is 8.99. The molecule has 1 atom stereocenters. The van der Waals surface area contributed by atoms with E-state index in [2.05, 4.69) is 25.7 Å². The van der Waals surface area contributed by atoms with Crippen LogP contribution in [0.15, 0.2) is 28.7 Å². The molecule has 2 bridgehead atoms. The first-order chi connectivity index (χ1) is 13.1. The predicted molar refractivity (Wildman–Crippen MR) is 95.5 cm³/mol. The van der Waals surface area contributed by atoms with Crippen LogP contribution in [0.4, 0.5) is 6.01 Å². The van der Waals surface area contributed by atoms with Gasteiger partial charge in [0.2, 0.25) is 5.91 Å². The maximum atomic E-state index is 12.5. The lowest BCUT2D eigenvalue weighted by Crippen LogP contribution is -2.57. The van der Waals surface area contributed by atoms with Crippen LogP contribution >= 0.6 is 0 Å². The Balaban J connectivity index is 1.35. The lowest BCUT2D eigenvalue weighted by atomic mass is 9.84. The molecule has 5 rings (SSSR count). The molecule has 3 saturated heterocycles. The molecule has 9 heteroatoms. The summed E-state index contributed by atoms with van der Waals surface area (Å²) < 4.78 is 10.6. The number of nitrogens with one attached hydrogen (secondary N) is 2. The average molecular weight is 371 g/mol. The molecule has 3 aliphatic rings. The van der Waals surface area contributed by atoms with Gasteiger partial charge in [0.1, 0.15) is 5.75 Å². The third-order valence-electron chi connectivity index (χ3n) is 4.98. The van der Waals surface area contributed by atoms with E-state index in [0.717, 1.165) is 32.5 Å². The molecule has 0 unspecified atom stereocenters. The van der Waals surface area contributed by atoms with E-state index in [9.17, 15) is 9.59 Å². The van der Waals surface area contributed by atoms with Crippen LogP contribution in [0.1, 0.15) is 30.1 Å². The Morgan fingerprint density at radius 3 is 2.56 bits per heavy atom. The Labute approximate surface area is 156 Å². The first kappa shape index (κ1) is 17.5. The van der Waals surface area contributed by atoms with E-state index in [4.69, 9.17) is 9.15 Å². The number of carbonyl (C=O) groups excluding carboxylic acids is 2. The van der Waals surface area contributed by atoms with E-state index in [0.29, 0.717) is 17.2 Å². The largest absolute Gasteiger partial charge is 0.421 e. The van der Waals surface area contributed by atoms with Crippen molar-refractivity contribution in [1.82, 2.24) is 20.4 Å². The Morgan fingerprint density at radius 1 is 1.19 bits per heavy atom. The fourth-order valence-corrected chi connectivity index (χ4v) is 3.61. The SMILES string of the molecule is CC(=O)Nc1nnc(Oc2ccc(C(=O)N[C@H]3CN4CCC3CC4)cc2)o1. The van der Waals surface area contributed by atoms with Crippen LogP contribution < -0.4 is 15.4 Å². The minimum atomic E-state index is -0.316. The fourth-order valence-electron chi connectivity index (χ4n) is 3.61. The van der Waals surface area contributed by atoms with Gasteiger partial charge in [0.05, 0.1) is 0 Å². The Kier molecular flexibility index (Phi) is 4.76. The molecule has 2 amide bonds. The van der Waals surface area contributed by atoms with Crippen LogP contribution in [0.3, 0.4) is 0 Å². The normalized spacial score (nSPS) is 23.7. The average Bonchev–Trinajstić information content (AvgIpc) is 3.09. The van der Waals surface area contributed by atoms with Crippen molar-refractivity contribution in [3.05, 3.63) is 29.8 Å². The number of hydrogen-bond donors (Lipinski definition) is 2. The molecule has 9 nitrogen and oxygen atoms in total. The zero-order valence-electron chi connectivity index (χ0n) is 15.0. The van der Waals surface area contributed by atoms with Gasteiger partial charge in [-0.05, 0) is 56.1 Å². The summed E-state index contributed by atoms with van der Waals surface area (Å²) in [6.45, 7) is 4.56. The van der Waals surface area contributed by atoms with E-state index in [1.807, 2.05) is 0 Å². The smallest absolute Gasteiger partial charge is 0.410 e. The lowest BCUT2D eigenvalue weighted by molar-refractivity contribution is -0.114. The van der Waals surface area contributed by atoms with Gasteiger partial charge < -0.3 is 19.4 Å². The van der Waals surface area contributed by atoms with Gasteiger partial charge in [-0.1, -0.05) is 10.2 Å². The molecule has 0 radical (unpaired) electrons. The quantitative estimate of drug-likeness (QED) is 0.822. The monoisotopic (exact) mass is 371 g/mol. The number of aromatic nitrogens is 2. The van der Waals surface area contributed by atoms with E-state index >= 15 is 0 Å². The number of fused-ring (bicyclic) bond motifs is 3. The van der Waals surface area contributed by atoms with E-state index in [1.54, 1.807) is 24.3 Å². The molecule has 0 spiro atoms. The van der Waals surface area contributed by atoms with Crippen LogP contribution in [0.2, 0.25) is 0 Å². The van der Waals surface area contributed by atoms with Gasteiger partial charge in [-0.2, -0.15) is 0 Å². The van der Waals surface area contributed by atoms with Crippen molar-refractivity contribution in [2.24, 2.45) is 5.92 Å². The number of amides is 2. The number of anilines is 1. The molecule has 2 aromatic rings. The highest BCUT2D eigenvalue weighted by Gasteiger charge is 2.34. The molecule has 142 valence electrons. The summed E-state index contributed by atoms with van der Waals surface area (Å²) in [5, 5.41) is 12.8. The minimum absolute atomic E-state index is 0.0361. The van der Waals surface area contributed by atoms with Crippen LogP contribution in [0.25, 0.3) is 0 Å². The van der Waals surface area contributed by atoms with Crippen molar-refractivity contribution in [2.75, 3.05) is 25.0 Å². The number of nitrogens with zero attached hydrogens (tertiary/aromatic N) is 3. The Hall–Kier alpha value is -2.94. The van der Waals surface area contributed by atoms with Crippen LogP contribution in [-0.2, 0) is 4.79 Å². The van der Waals surface area contributed by atoms with Gasteiger partial charge in [0.15, 0.2) is 0 Å². The first-order valence-corrected chi connectivity index (χ1v) is 8.99. The molecule has 27 heavy (non-hydrogen) atoms. The van der Waals surface area contributed by atoms with Gasteiger partial charge in [0, 0.05) is 25.1 Å². The van der Waals surface area contributed by atoms with Gasteiger partial charge in [-0.3, -0.25) is 14.9 Å². The van der Waals surface area contributed by atoms with E-state index in [-0.39, 0.29) is 29.9 Å².